The number of nitrogens with two attached hydrogens (primary N) is 1. The van der Waals surface area contributed by atoms with Crippen LogP contribution in [-0.4, -0.2) is 21.4 Å². The van der Waals surface area contributed by atoms with Crippen LogP contribution < -0.4 is 5.14 Å². The van der Waals surface area contributed by atoms with Gasteiger partial charge in [0.25, 0.3) is 0 Å². The van der Waals surface area contributed by atoms with Crippen molar-refractivity contribution in [3.63, 3.8) is 0 Å². The van der Waals surface area contributed by atoms with Gasteiger partial charge in [-0.05, 0) is 0 Å². The van der Waals surface area contributed by atoms with E-state index in [0.29, 0.717) is 0 Å². The van der Waals surface area contributed by atoms with Gasteiger partial charge in [0.15, 0.2) is 0 Å². The van der Waals surface area contributed by atoms with E-state index in [1.165, 1.54) is 0 Å². The van der Waals surface area contributed by atoms with E-state index in [2.05, 4.69) is 5.14 Å². The van der Waals surface area contributed by atoms with Gasteiger partial charge in [0.1, 0.15) is 0 Å². The highest BCUT2D eigenvalue weighted by Gasteiger charge is 2.20. The maximum atomic E-state index is 9.59. The van der Waals surface area contributed by atoms with E-state index >= 15 is 0 Å². The molecule has 3 N–H and O–H groups in total. The van der Waals surface area contributed by atoms with E-state index < -0.39 is 18.2 Å². The molecule has 8 heavy (non-hydrogen) atoms. The fourth-order valence-electron chi connectivity index (χ4n) is 0. The molecule has 0 spiro atoms. The van der Waals surface area contributed by atoms with Crippen LogP contribution in [0, 0.1) is 0 Å². The third-order valence-electron chi connectivity index (χ3n) is 0.294. The van der Waals surface area contributed by atoms with Crippen LogP contribution in [0.25, 0.3) is 0 Å². The molecule has 0 aliphatic heterocycles. The zero-order valence-corrected chi connectivity index (χ0v) is 5.11. The molecule has 0 radical (unpaired) electrons. The van der Waals surface area contributed by atoms with Gasteiger partial charge in [0, 0.05) is 0 Å². The summed E-state index contributed by atoms with van der Waals surface area (Å²) in [4.78, 5) is 0. The summed E-state index contributed by atoms with van der Waals surface area (Å²) in [5.41, 5.74) is 0. The Labute approximate surface area is 45.5 Å². The van der Waals surface area contributed by atoms with Gasteiger partial charge in [-0.25, -0.2) is 5.14 Å². The molecule has 0 rings (SSSR count). The molecule has 0 aromatic heterocycles. The molecule has 0 aromatic carbocycles. The predicted molar refractivity (Wildman–Crippen MR) is 24.7 cm³/mol. The third-order valence-corrected chi connectivity index (χ3v) is 2.64. The highest BCUT2D eigenvalue weighted by atomic mass is 33.2. The van der Waals surface area contributed by atoms with Gasteiger partial charge < -0.3 is 0 Å². The minimum Gasteiger partial charge on any atom is -0.273 e. The fourth-order valence-corrected chi connectivity index (χ4v) is 0. The summed E-state index contributed by atoms with van der Waals surface area (Å²) in [6, 6.07) is 0. The van der Waals surface area contributed by atoms with Crippen LogP contribution in [0.4, 0.5) is 0 Å². The van der Waals surface area contributed by atoms with Crippen molar-refractivity contribution in [3.05, 3.63) is 0 Å². The fraction of sp³-hybridized carbons (Fsp3) is 0. The second kappa shape index (κ2) is 1.65. The first kappa shape index (κ1) is 7.82. The summed E-state index contributed by atoms with van der Waals surface area (Å²) < 4.78 is 45.8. The number of hydrogen-bond acceptors (Lipinski definition) is 4. The molecular weight excluding hydrogens is 158 g/mol. The third kappa shape index (κ3) is 1.74. The van der Waals surface area contributed by atoms with E-state index in [4.69, 9.17) is 4.55 Å². The molecule has 6 nitrogen and oxygen atoms in total. The molecule has 0 aromatic rings. The predicted octanol–water partition coefficient (Wildman–Crippen LogP) is -1.92. The summed E-state index contributed by atoms with van der Waals surface area (Å²) >= 11 is 0. The molecule has 0 fully saturated rings. The quantitative estimate of drug-likeness (QED) is 0.343. The SMILES string of the molecule is NS(=O)(=O)S(=O)(=O)O. The van der Waals surface area contributed by atoms with Crippen LogP contribution in [0.1, 0.15) is 0 Å². The molecule has 8 heteroatoms. The van der Waals surface area contributed by atoms with Crippen molar-refractivity contribution in [2.24, 2.45) is 5.14 Å². The Hall–Kier alpha value is -0.180. The Balaban J connectivity index is 5.18. The van der Waals surface area contributed by atoms with Crippen LogP contribution in [0.15, 0.2) is 0 Å². The molecule has 0 atom stereocenters. The van der Waals surface area contributed by atoms with Gasteiger partial charge in [-0.3, -0.25) is 4.55 Å². The first-order valence-corrected chi connectivity index (χ1v) is 4.75. The van der Waals surface area contributed by atoms with Gasteiger partial charge in [-0.15, -0.1) is 0 Å². The highest BCUT2D eigenvalue weighted by molar-refractivity contribution is 8.64. The Morgan fingerprint density at radius 1 is 1.12 bits per heavy atom. The van der Waals surface area contributed by atoms with Crippen LogP contribution >= 0.6 is 0 Å². The molecule has 0 saturated carbocycles. The average Bonchev–Trinajstić information content (AvgIpc) is 1.25. The smallest absolute Gasteiger partial charge is 0.273 e. The highest BCUT2D eigenvalue weighted by Crippen LogP contribution is 1.86. The Kier molecular flexibility index (Phi) is 1.62. The number of hydrogen-bond donors (Lipinski definition) is 2. The van der Waals surface area contributed by atoms with E-state index in [-0.39, 0.29) is 0 Å². The normalized spacial score (nSPS) is 13.8. The second-order valence-electron chi connectivity index (χ2n) is 0.921. The lowest BCUT2D eigenvalue weighted by molar-refractivity contribution is 0.493. The van der Waals surface area contributed by atoms with Crippen molar-refractivity contribution in [2.45, 2.75) is 0 Å². The first-order valence-electron chi connectivity index (χ1n) is 1.25. The van der Waals surface area contributed by atoms with Crippen LogP contribution in [-0.2, 0) is 18.2 Å². The summed E-state index contributed by atoms with van der Waals surface area (Å²) in [5.74, 6) is 0. The van der Waals surface area contributed by atoms with Crippen LogP contribution in [0.3, 0.4) is 0 Å². The van der Waals surface area contributed by atoms with Gasteiger partial charge in [-0.1, -0.05) is 0 Å². The standard InChI is InChI=1S/H3NO5S2/c1-7(2,3)8(4,5)6/h(H2,1,2,3)(H,4,5,6). The zero-order valence-electron chi connectivity index (χ0n) is 3.47. The molecule has 0 heterocycles. The van der Waals surface area contributed by atoms with E-state index in [1.54, 1.807) is 0 Å². The molecule has 0 unspecified atom stereocenters. The monoisotopic (exact) mass is 161 g/mol. The van der Waals surface area contributed by atoms with E-state index in [0.717, 1.165) is 0 Å². The summed E-state index contributed by atoms with van der Waals surface area (Å²) in [6.45, 7) is 0. The van der Waals surface area contributed by atoms with Crippen molar-refractivity contribution in [1.82, 2.24) is 0 Å². The van der Waals surface area contributed by atoms with Gasteiger partial charge in [0.05, 0.1) is 0 Å². The van der Waals surface area contributed by atoms with Gasteiger partial charge in [-0.2, -0.15) is 16.8 Å². The molecule has 50 valence electrons. The molecule has 0 bridgehead atoms. The van der Waals surface area contributed by atoms with Crippen molar-refractivity contribution in [1.29, 1.82) is 0 Å². The number of rotatable bonds is 1. The lowest BCUT2D eigenvalue weighted by atomic mass is 14.0. The zero-order chi connectivity index (χ0) is 7.00. The van der Waals surface area contributed by atoms with Gasteiger partial charge in [0.2, 0.25) is 0 Å². The van der Waals surface area contributed by atoms with E-state index in [1.807, 2.05) is 0 Å². The van der Waals surface area contributed by atoms with Crippen molar-refractivity contribution in [2.75, 3.05) is 0 Å². The van der Waals surface area contributed by atoms with Gasteiger partial charge >= 0.3 is 18.2 Å². The van der Waals surface area contributed by atoms with Crippen molar-refractivity contribution < 1.29 is 21.4 Å². The minimum absolute atomic E-state index is 3.95. The van der Waals surface area contributed by atoms with Crippen LogP contribution in [0.5, 0.6) is 0 Å². The summed E-state index contributed by atoms with van der Waals surface area (Å²) in [7, 11) is -9.90. The molecule has 0 aliphatic rings. The second-order valence-corrected chi connectivity index (χ2v) is 5.42. The molecular formula is H3NO5S2. The largest absolute Gasteiger partial charge is 0.386 e. The van der Waals surface area contributed by atoms with Crippen LogP contribution in [0.2, 0.25) is 0 Å². The summed E-state index contributed by atoms with van der Waals surface area (Å²) in [5, 5.41) is 3.95. The van der Waals surface area contributed by atoms with Crippen molar-refractivity contribution in [3.8, 4) is 0 Å². The Morgan fingerprint density at radius 2 is 1.25 bits per heavy atom. The summed E-state index contributed by atoms with van der Waals surface area (Å²) in [6.07, 6.45) is 0. The Morgan fingerprint density at radius 3 is 1.25 bits per heavy atom. The average molecular weight is 161 g/mol. The minimum atomic E-state index is -5.09. The van der Waals surface area contributed by atoms with Crippen molar-refractivity contribution >= 4 is 18.2 Å². The first-order chi connectivity index (χ1) is 3.25. The maximum Gasteiger partial charge on any atom is 0.386 e. The topological polar surface area (TPSA) is 115 Å². The molecule has 0 aliphatic carbocycles. The lowest BCUT2D eigenvalue weighted by Crippen LogP contribution is -2.22. The maximum absolute atomic E-state index is 9.59. The molecule has 0 saturated heterocycles. The Bertz CT molecular complexity index is 223. The van der Waals surface area contributed by atoms with E-state index in [9.17, 15) is 16.8 Å². The molecule has 0 amide bonds. The lowest BCUT2D eigenvalue weighted by Gasteiger charge is -1.86.